The first-order chi connectivity index (χ1) is 15.8. The predicted octanol–water partition coefficient (Wildman–Crippen LogP) is 7.16. The fourth-order valence-electron chi connectivity index (χ4n) is 4.90. The first-order valence-corrected chi connectivity index (χ1v) is 12.4. The highest BCUT2D eigenvalue weighted by Crippen LogP contribution is 2.44. The lowest BCUT2D eigenvalue weighted by Gasteiger charge is -2.23. The Morgan fingerprint density at radius 2 is 1.25 bits per heavy atom. The molecule has 1 amide bonds. The molecule has 0 saturated carbocycles. The molecule has 0 spiro atoms. The number of fused-ring (bicyclic) bond motifs is 3. The Morgan fingerprint density at radius 1 is 0.750 bits per heavy atom. The summed E-state index contributed by atoms with van der Waals surface area (Å²) in [6.45, 7) is 1.95. The van der Waals surface area contributed by atoms with E-state index in [0.717, 1.165) is 45.2 Å². The van der Waals surface area contributed by atoms with Gasteiger partial charge in [-0.05, 0) is 47.9 Å². The third kappa shape index (κ3) is 5.74. The van der Waals surface area contributed by atoms with Crippen LogP contribution < -0.4 is 0 Å². The standard InChI is InChI=1S/C29H35NO2/c31-29(30-21-15-9-7-5-3-1-2-4-6-8-10-16-22-30)32-23-28-26-19-13-11-17-24(26)25-18-12-14-20-27(25)28/h11-14,17-20,28H,1-3,5,7-10,15-16,21-23H2. The van der Waals surface area contributed by atoms with Crippen LogP contribution in [-0.2, 0) is 4.74 Å². The molecule has 2 aromatic carbocycles. The normalized spacial score (nSPS) is 17.8. The van der Waals surface area contributed by atoms with Crippen molar-refractivity contribution in [2.24, 2.45) is 0 Å². The van der Waals surface area contributed by atoms with E-state index in [1.165, 1.54) is 54.4 Å². The Bertz CT molecular complexity index is 909. The fraction of sp³-hybridized carbons (Fsp3) is 0.483. The van der Waals surface area contributed by atoms with E-state index in [0.29, 0.717) is 6.61 Å². The van der Waals surface area contributed by atoms with Crippen LogP contribution in [0.1, 0.15) is 81.3 Å². The van der Waals surface area contributed by atoms with Crippen molar-refractivity contribution in [2.75, 3.05) is 19.7 Å². The van der Waals surface area contributed by atoms with Crippen molar-refractivity contribution >= 4 is 6.09 Å². The average Bonchev–Trinajstić information content (AvgIpc) is 3.14. The molecule has 0 saturated heterocycles. The van der Waals surface area contributed by atoms with Crippen LogP contribution in [0.2, 0.25) is 0 Å². The number of amides is 1. The summed E-state index contributed by atoms with van der Waals surface area (Å²) in [4.78, 5) is 15.0. The van der Waals surface area contributed by atoms with E-state index in [1.54, 1.807) is 0 Å². The second kappa shape index (κ2) is 11.8. The third-order valence-corrected chi connectivity index (χ3v) is 6.68. The SMILES string of the molecule is O=C(OCC1c2ccccc2-c2ccccc21)N1CCCCC#CCCCCCCCC1. The summed E-state index contributed by atoms with van der Waals surface area (Å²) < 4.78 is 5.93. The topological polar surface area (TPSA) is 29.5 Å². The second-order valence-electron chi connectivity index (χ2n) is 8.97. The smallest absolute Gasteiger partial charge is 0.409 e. The van der Waals surface area contributed by atoms with E-state index in [4.69, 9.17) is 4.74 Å². The van der Waals surface area contributed by atoms with Crippen molar-refractivity contribution < 1.29 is 9.53 Å². The minimum atomic E-state index is -0.165. The number of nitrogens with zero attached hydrogens (tertiary/aromatic N) is 1. The number of hydrogen-bond acceptors (Lipinski definition) is 2. The molecule has 3 heteroatoms. The maximum atomic E-state index is 13.0. The fourth-order valence-corrected chi connectivity index (χ4v) is 4.90. The van der Waals surface area contributed by atoms with Gasteiger partial charge in [0.15, 0.2) is 0 Å². The monoisotopic (exact) mass is 429 g/mol. The molecule has 1 aliphatic heterocycles. The Balaban J connectivity index is 1.37. The summed E-state index contributed by atoms with van der Waals surface area (Å²) in [5, 5.41) is 0. The number of hydrogen-bond donors (Lipinski definition) is 0. The van der Waals surface area contributed by atoms with Gasteiger partial charge in [0, 0.05) is 31.8 Å². The van der Waals surface area contributed by atoms with E-state index in [2.05, 4.69) is 60.4 Å². The molecule has 32 heavy (non-hydrogen) atoms. The van der Waals surface area contributed by atoms with Crippen LogP contribution in [0, 0.1) is 11.8 Å². The van der Waals surface area contributed by atoms with E-state index < -0.39 is 0 Å². The molecular formula is C29H35NO2. The molecule has 168 valence electrons. The summed E-state index contributed by atoms with van der Waals surface area (Å²) in [5.41, 5.74) is 5.05. The highest BCUT2D eigenvalue weighted by molar-refractivity contribution is 5.79. The molecule has 0 unspecified atom stereocenters. The molecule has 2 aromatic rings. The minimum Gasteiger partial charge on any atom is -0.448 e. The van der Waals surface area contributed by atoms with Gasteiger partial charge in [-0.3, -0.25) is 0 Å². The van der Waals surface area contributed by atoms with Gasteiger partial charge in [-0.15, -0.1) is 11.8 Å². The van der Waals surface area contributed by atoms with Gasteiger partial charge >= 0.3 is 6.09 Å². The number of benzene rings is 2. The maximum Gasteiger partial charge on any atom is 0.409 e. The summed E-state index contributed by atoms with van der Waals surface area (Å²) >= 11 is 0. The molecule has 0 radical (unpaired) electrons. The number of carbonyl (C=O) groups is 1. The molecule has 0 aromatic heterocycles. The zero-order valence-electron chi connectivity index (χ0n) is 19.2. The number of carbonyl (C=O) groups excluding carboxylic acids is 1. The van der Waals surface area contributed by atoms with Gasteiger partial charge in [0.25, 0.3) is 0 Å². The van der Waals surface area contributed by atoms with E-state index in [1.807, 2.05) is 4.90 Å². The van der Waals surface area contributed by atoms with Crippen LogP contribution in [0.3, 0.4) is 0 Å². The van der Waals surface area contributed by atoms with Crippen LogP contribution in [0.5, 0.6) is 0 Å². The predicted molar refractivity (Wildman–Crippen MR) is 131 cm³/mol. The van der Waals surface area contributed by atoms with Gasteiger partial charge in [0.2, 0.25) is 0 Å². The molecule has 0 atom stereocenters. The van der Waals surface area contributed by atoms with Crippen LogP contribution in [0.15, 0.2) is 48.5 Å². The Hall–Kier alpha value is -2.73. The van der Waals surface area contributed by atoms with Crippen molar-refractivity contribution in [1.82, 2.24) is 4.90 Å². The van der Waals surface area contributed by atoms with Gasteiger partial charge in [0.1, 0.15) is 6.61 Å². The van der Waals surface area contributed by atoms with E-state index >= 15 is 0 Å². The van der Waals surface area contributed by atoms with Gasteiger partial charge in [-0.2, -0.15) is 0 Å². The first kappa shape index (κ1) is 22.5. The quantitative estimate of drug-likeness (QED) is 0.474. The van der Waals surface area contributed by atoms with Crippen molar-refractivity contribution in [3.63, 3.8) is 0 Å². The number of ether oxygens (including phenoxy) is 1. The van der Waals surface area contributed by atoms with Gasteiger partial charge < -0.3 is 9.64 Å². The molecule has 0 N–H and O–H groups in total. The largest absolute Gasteiger partial charge is 0.448 e. The third-order valence-electron chi connectivity index (χ3n) is 6.68. The summed E-state index contributed by atoms with van der Waals surface area (Å²) in [5.74, 6) is 6.71. The van der Waals surface area contributed by atoms with Crippen molar-refractivity contribution in [3.05, 3.63) is 59.7 Å². The van der Waals surface area contributed by atoms with E-state index in [-0.39, 0.29) is 12.0 Å². The lowest BCUT2D eigenvalue weighted by Crippen LogP contribution is -2.34. The molecule has 0 bridgehead atoms. The molecule has 3 nitrogen and oxygen atoms in total. The summed E-state index contributed by atoms with van der Waals surface area (Å²) in [6, 6.07) is 17.0. The van der Waals surface area contributed by atoms with Crippen molar-refractivity contribution in [2.45, 2.75) is 70.1 Å². The van der Waals surface area contributed by atoms with Gasteiger partial charge in [-0.25, -0.2) is 4.79 Å². The lowest BCUT2D eigenvalue weighted by atomic mass is 9.98. The van der Waals surface area contributed by atoms with Gasteiger partial charge in [-0.1, -0.05) is 74.2 Å². The van der Waals surface area contributed by atoms with Crippen molar-refractivity contribution in [3.8, 4) is 23.0 Å². The summed E-state index contributed by atoms with van der Waals surface area (Å²) in [6.07, 6.45) is 11.1. The van der Waals surface area contributed by atoms with Crippen LogP contribution >= 0.6 is 0 Å². The zero-order chi connectivity index (χ0) is 22.0. The molecule has 0 fully saturated rings. The average molecular weight is 430 g/mol. The first-order valence-electron chi connectivity index (χ1n) is 12.4. The lowest BCUT2D eigenvalue weighted by molar-refractivity contribution is 0.0983. The van der Waals surface area contributed by atoms with E-state index in [9.17, 15) is 4.79 Å². The Labute approximate surface area is 193 Å². The second-order valence-corrected chi connectivity index (χ2v) is 8.97. The highest BCUT2D eigenvalue weighted by Gasteiger charge is 2.29. The molecule has 1 aliphatic carbocycles. The van der Waals surface area contributed by atoms with Gasteiger partial charge in [0.05, 0.1) is 0 Å². The molecule has 1 heterocycles. The Kier molecular flexibility index (Phi) is 8.26. The minimum absolute atomic E-state index is 0.116. The Morgan fingerprint density at radius 3 is 1.91 bits per heavy atom. The zero-order valence-corrected chi connectivity index (χ0v) is 19.2. The number of rotatable bonds is 2. The maximum absolute atomic E-state index is 13.0. The summed E-state index contributed by atoms with van der Waals surface area (Å²) in [7, 11) is 0. The van der Waals surface area contributed by atoms with Crippen LogP contribution in [0.25, 0.3) is 11.1 Å². The highest BCUT2D eigenvalue weighted by atomic mass is 16.6. The molecule has 4 rings (SSSR count). The molecular weight excluding hydrogens is 394 g/mol. The van der Waals surface area contributed by atoms with Crippen LogP contribution in [0.4, 0.5) is 4.79 Å². The molecule has 2 aliphatic rings. The van der Waals surface area contributed by atoms with Crippen LogP contribution in [-0.4, -0.2) is 30.7 Å². The van der Waals surface area contributed by atoms with Crippen molar-refractivity contribution in [1.29, 1.82) is 0 Å².